The van der Waals surface area contributed by atoms with E-state index in [4.69, 9.17) is 11.6 Å². The standard InChI is InChI=1S/C15H21ClN2O5S/c1-5-18(6-2)24(21,22)11-7-8-13(16)12(9-11)14(19)17-10(3)15(20)23-4/h7-10H,5-6H2,1-4H3,(H,17,19). The Kier molecular flexibility index (Phi) is 7.19. The van der Waals surface area contributed by atoms with E-state index >= 15 is 0 Å². The molecule has 1 rings (SSSR count). The summed E-state index contributed by atoms with van der Waals surface area (Å²) >= 11 is 6.00. The molecule has 1 N–H and O–H groups in total. The number of ether oxygens (including phenoxy) is 1. The molecule has 0 bridgehead atoms. The Morgan fingerprint density at radius 2 is 1.88 bits per heavy atom. The van der Waals surface area contributed by atoms with E-state index in [9.17, 15) is 18.0 Å². The zero-order valence-electron chi connectivity index (χ0n) is 14.0. The number of hydrogen-bond acceptors (Lipinski definition) is 5. The van der Waals surface area contributed by atoms with Crippen LogP contribution in [0.5, 0.6) is 0 Å². The van der Waals surface area contributed by atoms with Gasteiger partial charge < -0.3 is 10.1 Å². The van der Waals surface area contributed by atoms with E-state index in [-0.39, 0.29) is 15.5 Å². The fourth-order valence-corrected chi connectivity index (χ4v) is 3.75. The lowest BCUT2D eigenvalue weighted by atomic mass is 10.2. The Morgan fingerprint density at radius 3 is 2.38 bits per heavy atom. The van der Waals surface area contributed by atoms with E-state index in [1.54, 1.807) is 13.8 Å². The average molecular weight is 377 g/mol. The number of rotatable bonds is 7. The Hall–Kier alpha value is -1.64. The molecule has 1 amide bonds. The van der Waals surface area contributed by atoms with Crippen molar-refractivity contribution in [3.8, 4) is 0 Å². The van der Waals surface area contributed by atoms with Gasteiger partial charge in [0.25, 0.3) is 5.91 Å². The predicted molar refractivity (Wildman–Crippen MR) is 90.5 cm³/mol. The van der Waals surface area contributed by atoms with Crippen LogP contribution in [0, 0.1) is 0 Å². The first-order chi connectivity index (χ1) is 11.2. The molecule has 0 radical (unpaired) electrons. The molecular weight excluding hydrogens is 356 g/mol. The minimum absolute atomic E-state index is 0.0272. The van der Waals surface area contributed by atoms with Crippen molar-refractivity contribution in [3.05, 3.63) is 28.8 Å². The first-order valence-electron chi connectivity index (χ1n) is 7.37. The van der Waals surface area contributed by atoms with E-state index < -0.39 is 27.9 Å². The lowest BCUT2D eigenvalue weighted by Gasteiger charge is -2.19. The predicted octanol–water partition coefficient (Wildman–Crippen LogP) is 1.66. The lowest BCUT2D eigenvalue weighted by molar-refractivity contribution is -0.142. The van der Waals surface area contributed by atoms with Gasteiger partial charge in [-0.15, -0.1) is 0 Å². The van der Waals surface area contributed by atoms with Crippen molar-refractivity contribution in [2.24, 2.45) is 0 Å². The summed E-state index contributed by atoms with van der Waals surface area (Å²) in [5.41, 5.74) is -0.0272. The van der Waals surface area contributed by atoms with Gasteiger partial charge in [0.05, 0.1) is 22.6 Å². The maximum atomic E-state index is 12.5. The fourth-order valence-electron chi connectivity index (χ4n) is 2.06. The van der Waals surface area contributed by atoms with E-state index in [0.29, 0.717) is 13.1 Å². The van der Waals surface area contributed by atoms with Crippen LogP contribution in [0.3, 0.4) is 0 Å². The monoisotopic (exact) mass is 376 g/mol. The van der Waals surface area contributed by atoms with Gasteiger partial charge in [-0.2, -0.15) is 4.31 Å². The molecule has 1 aromatic rings. The molecule has 0 heterocycles. The molecule has 0 saturated heterocycles. The van der Waals surface area contributed by atoms with Crippen molar-refractivity contribution >= 4 is 33.5 Å². The zero-order chi connectivity index (χ0) is 18.5. The smallest absolute Gasteiger partial charge is 0.328 e. The molecule has 9 heteroatoms. The van der Waals surface area contributed by atoms with Gasteiger partial charge in [-0.05, 0) is 25.1 Å². The number of sulfonamides is 1. The Morgan fingerprint density at radius 1 is 1.29 bits per heavy atom. The molecule has 1 aromatic carbocycles. The molecule has 0 saturated carbocycles. The highest BCUT2D eigenvalue weighted by molar-refractivity contribution is 7.89. The SMILES string of the molecule is CCN(CC)S(=O)(=O)c1ccc(Cl)c(C(=O)NC(C)C(=O)OC)c1. The lowest BCUT2D eigenvalue weighted by Crippen LogP contribution is -2.39. The number of nitrogens with zero attached hydrogens (tertiary/aromatic N) is 1. The van der Waals surface area contributed by atoms with Crippen molar-refractivity contribution < 1.29 is 22.7 Å². The minimum atomic E-state index is -3.72. The largest absolute Gasteiger partial charge is 0.467 e. The first-order valence-corrected chi connectivity index (χ1v) is 9.19. The van der Waals surface area contributed by atoms with Crippen molar-refractivity contribution in [1.82, 2.24) is 9.62 Å². The van der Waals surface area contributed by atoms with Crippen LogP contribution in [0.15, 0.2) is 23.1 Å². The maximum absolute atomic E-state index is 12.5. The van der Waals surface area contributed by atoms with Gasteiger partial charge in [0.2, 0.25) is 10.0 Å². The van der Waals surface area contributed by atoms with Crippen molar-refractivity contribution in [3.63, 3.8) is 0 Å². The normalized spacial score (nSPS) is 12.8. The molecule has 0 fully saturated rings. The van der Waals surface area contributed by atoms with E-state index in [2.05, 4.69) is 10.1 Å². The quantitative estimate of drug-likeness (QED) is 0.730. The summed E-state index contributed by atoms with van der Waals surface area (Å²) in [7, 11) is -2.52. The topological polar surface area (TPSA) is 92.8 Å². The number of halogens is 1. The highest BCUT2D eigenvalue weighted by Crippen LogP contribution is 2.23. The Bertz CT molecular complexity index is 717. The third kappa shape index (κ3) is 4.46. The Labute approximate surface area is 147 Å². The fraction of sp³-hybridized carbons (Fsp3) is 0.467. The first kappa shape index (κ1) is 20.4. The van der Waals surface area contributed by atoms with Gasteiger partial charge in [0, 0.05) is 13.1 Å². The molecule has 1 unspecified atom stereocenters. The number of nitrogens with one attached hydrogen (secondary N) is 1. The van der Waals surface area contributed by atoms with Crippen LogP contribution in [0.2, 0.25) is 5.02 Å². The number of esters is 1. The van der Waals surface area contributed by atoms with Gasteiger partial charge in [-0.25, -0.2) is 13.2 Å². The Balaban J connectivity index is 3.19. The second-order valence-corrected chi connectivity index (χ2v) is 7.29. The number of carbonyl (C=O) groups is 2. The number of carbonyl (C=O) groups excluding carboxylic acids is 2. The molecule has 134 valence electrons. The third-order valence-corrected chi connectivity index (χ3v) is 5.80. The summed E-state index contributed by atoms with van der Waals surface area (Å²) in [6.07, 6.45) is 0. The van der Waals surface area contributed by atoms with Crippen molar-refractivity contribution in [2.45, 2.75) is 31.7 Å². The second kappa shape index (κ2) is 8.46. The van der Waals surface area contributed by atoms with Crippen LogP contribution in [-0.4, -0.2) is 50.8 Å². The number of amides is 1. The molecule has 0 aromatic heterocycles. The van der Waals surface area contributed by atoms with Gasteiger partial charge >= 0.3 is 5.97 Å². The minimum Gasteiger partial charge on any atom is -0.467 e. The van der Waals surface area contributed by atoms with Gasteiger partial charge in [-0.3, -0.25) is 4.79 Å². The molecule has 0 aliphatic rings. The third-order valence-electron chi connectivity index (χ3n) is 3.43. The van der Waals surface area contributed by atoms with Crippen LogP contribution in [0.4, 0.5) is 0 Å². The van der Waals surface area contributed by atoms with Crippen LogP contribution in [-0.2, 0) is 19.6 Å². The highest BCUT2D eigenvalue weighted by Gasteiger charge is 2.25. The second-order valence-electron chi connectivity index (χ2n) is 4.95. The summed E-state index contributed by atoms with van der Waals surface area (Å²) in [5.74, 6) is -1.28. The maximum Gasteiger partial charge on any atom is 0.328 e. The molecule has 24 heavy (non-hydrogen) atoms. The van der Waals surface area contributed by atoms with Gasteiger partial charge in [0.1, 0.15) is 6.04 Å². The van der Waals surface area contributed by atoms with Crippen LogP contribution >= 0.6 is 11.6 Å². The molecular formula is C15H21ClN2O5S. The van der Waals surface area contributed by atoms with Crippen molar-refractivity contribution in [2.75, 3.05) is 20.2 Å². The molecule has 0 spiro atoms. The number of benzene rings is 1. The number of methoxy groups -OCH3 is 1. The van der Waals surface area contributed by atoms with Crippen molar-refractivity contribution in [1.29, 1.82) is 0 Å². The van der Waals surface area contributed by atoms with E-state index in [0.717, 1.165) is 0 Å². The molecule has 7 nitrogen and oxygen atoms in total. The highest BCUT2D eigenvalue weighted by atomic mass is 35.5. The molecule has 1 atom stereocenters. The van der Waals surface area contributed by atoms with Gasteiger partial charge in [0.15, 0.2) is 0 Å². The average Bonchev–Trinajstić information content (AvgIpc) is 2.54. The molecule has 0 aliphatic heterocycles. The molecule has 0 aliphatic carbocycles. The summed E-state index contributed by atoms with van der Waals surface area (Å²) in [6, 6.07) is 3.00. The summed E-state index contributed by atoms with van der Waals surface area (Å²) in [5, 5.41) is 2.50. The van der Waals surface area contributed by atoms with E-state index in [1.165, 1.54) is 36.5 Å². The van der Waals surface area contributed by atoms with Crippen LogP contribution < -0.4 is 5.32 Å². The summed E-state index contributed by atoms with van der Waals surface area (Å²) < 4.78 is 30.9. The van der Waals surface area contributed by atoms with Gasteiger partial charge in [-0.1, -0.05) is 25.4 Å². The van der Waals surface area contributed by atoms with Crippen LogP contribution in [0.1, 0.15) is 31.1 Å². The summed E-state index contributed by atoms with van der Waals surface area (Å²) in [4.78, 5) is 23.6. The zero-order valence-corrected chi connectivity index (χ0v) is 15.6. The van der Waals surface area contributed by atoms with Crippen LogP contribution in [0.25, 0.3) is 0 Å². The number of hydrogen-bond donors (Lipinski definition) is 1. The summed E-state index contributed by atoms with van der Waals surface area (Å²) in [6.45, 7) is 5.52. The van der Waals surface area contributed by atoms with E-state index in [1.807, 2.05) is 0 Å².